The van der Waals surface area contributed by atoms with Crippen LogP contribution in [0.5, 0.6) is 0 Å². The number of thiophene rings is 1. The van der Waals surface area contributed by atoms with Gasteiger partial charge < -0.3 is 10.1 Å². The Morgan fingerprint density at radius 2 is 2.15 bits per heavy atom. The van der Waals surface area contributed by atoms with Crippen LogP contribution in [0.4, 0.5) is 5.00 Å². The zero-order valence-electron chi connectivity index (χ0n) is 13.9. The number of aromatic nitrogens is 2. The molecule has 0 atom stereocenters. The van der Waals surface area contributed by atoms with Gasteiger partial charge in [0.15, 0.2) is 5.69 Å². The second-order valence-corrected chi connectivity index (χ2v) is 6.62. The molecule has 0 aliphatic rings. The highest BCUT2D eigenvalue weighted by atomic mass is 35.5. The first kappa shape index (κ1) is 18.1. The third-order valence-electron chi connectivity index (χ3n) is 3.46. The molecule has 9 heteroatoms. The molecule has 0 fully saturated rings. The summed E-state index contributed by atoms with van der Waals surface area (Å²) < 4.78 is 6.14. The molecule has 134 valence electrons. The number of rotatable bonds is 4. The fraction of sp³-hybridized carbons (Fsp3) is 0.176. The van der Waals surface area contributed by atoms with E-state index in [1.54, 1.807) is 36.6 Å². The van der Waals surface area contributed by atoms with Crippen LogP contribution in [0.1, 0.15) is 24.3 Å². The number of hydrogen-bond donors (Lipinski definition) is 1. The molecule has 7 nitrogen and oxygen atoms in total. The highest BCUT2D eigenvalue weighted by Crippen LogP contribution is 2.30. The first-order valence-electron chi connectivity index (χ1n) is 7.67. The van der Waals surface area contributed by atoms with E-state index in [0.29, 0.717) is 21.1 Å². The molecule has 1 amide bonds. The van der Waals surface area contributed by atoms with Gasteiger partial charge in [-0.2, -0.15) is 9.78 Å². The second kappa shape index (κ2) is 7.27. The lowest BCUT2D eigenvalue weighted by molar-refractivity contribution is -0.114. The number of fused-ring (bicyclic) bond motifs is 1. The van der Waals surface area contributed by atoms with Crippen LogP contribution >= 0.6 is 22.9 Å². The van der Waals surface area contributed by atoms with Gasteiger partial charge in [0, 0.05) is 22.7 Å². The topological polar surface area (TPSA) is 90.3 Å². The second-order valence-electron chi connectivity index (χ2n) is 5.30. The van der Waals surface area contributed by atoms with Gasteiger partial charge in [-0.1, -0.05) is 17.7 Å². The van der Waals surface area contributed by atoms with Crippen LogP contribution in [0, 0.1) is 0 Å². The van der Waals surface area contributed by atoms with E-state index in [2.05, 4.69) is 10.4 Å². The standard InChI is InChI=1S/C17H14ClN3O4S/c1-3-25-17(24)14-12-8-26-15(19-9(2)22)13(12)16(23)21(20-14)11-6-4-5-10(18)7-11/h4-8H,3H2,1-2H3,(H,19,22). The Balaban J connectivity index is 2.34. The largest absolute Gasteiger partial charge is 0.461 e. The highest BCUT2D eigenvalue weighted by Gasteiger charge is 2.22. The third-order valence-corrected chi connectivity index (χ3v) is 4.59. The quantitative estimate of drug-likeness (QED) is 0.689. The van der Waals surface area contributed by atoms with E-state index < -0.39 is 11.5 Å². The Labute approximate surface area is 157 Å². The maximum absolute atomic E-state index is 13.0. The number of halogens is 1. The summed E-state index contributed by atoms with van der Waals surface area (Å²) >= 11 is 7.15. The molecule has 0 unspecified atom stereocenters. The molecular weight excluding hydrogens is 378 g/mol. The van der Waals surface area contributed by atoms with E-state index in [1.807, 2.05) is 0 Å². The number of amides is 1. The van der Waals surface area contributed by atoms with Gasteiger partial charge >= 0.3 is 5.97 Å². The number of nitrogens with one attached hydrogen (secondary N) is 1. The molecule has 26 heavy (non-hydrogen) atoms. The fourth-order valence-corrected chi connectivity index (χ4v) is 3.60. The van der Waals surface area contributed by atoms with Crippen LogP contribution in [0.3, 0.4) is 0 Å². The summed E-state index contributed by atoms with van der Waals surface area (Å²) in [5.41, 5.74) is -0.0792. The minimum absolute atomic E-state index is 0.00530. The number of esters is 1. The maximum Gasteiger partial charge on any atom is 0.359 e. The Hall–Kier alpha value is -2.71. The minimum atomic E-state index is -0.652. The van der Waals surface area contributed by atoms with Crippen LogP contribution in [0.2, 0.25) is 5.02 Å². The molecule has 0 spiro atoms. The van der Waals surface area contributed by atoms with Gasteiger partial charge in [0.1, 0.15) is 5.00 Å². The fourth-order valence-electron chi connectivity index (χ4n) is 2.43. The smallest absolute Gasteiger partial charge is 0.359 e. The highest BCUT2D eigenvalue weighted by molar-refractivity contribution is 7.16. The number of benzene rings is 1. The summed E-state index contributed by atoms with van der Waals surface area (Å²) in [7, 11) is 0. The van der Waals surface area contributed by atoms with Gasteiger partial charge in [-0.3, -0.25) is 9.59 Å². The number of anilines is 1. The summed E-state index contributed by atoms with van der Waals surface area (Å²) in [5, 5.41) is 9.70. The Morgan fingerprint density at radius 3 is 2.81 bits per heavy atom. The molecule has 0 saturated carbocycles. The number of ether oxygens (including phenoxy) is 1. The van der Waals surface area contributed by atoms with Crippen molar-refractivity contribution in [2.75, 3.05) is 11.9 Å². The molecule has 2 aromatic heterocycles. The van der Waals surface area contributed by atoms with Gasteiger partial charge in [0.2, 0.25) is 5.91 Å². The first-order valence-corrected chi connectivity index (χ1v) is 8.93. The van der Waals surface area contributed by atoms with Crippen molar-refractivity contribution in [1.82, 2.24) is 9.78 Å². The molecule has 0 aliphatic carbocycles. The summed E-state index contributed by atoms with van der Waals surface area (Å²) in [6.45, 7) is 3.19. The average molecular weight is 392 g/mol. The zero-order chi connectivity index (χ0) is 18.8. The van der Waals surface area contributed by atoms with Crippen molar-refractivity contribution in [3.05, 3.63) is 50.7 Å². The van der Waals surface area contributed by atoms with Crippen molar-refractivity contribution in [2.45, 2.75) is 13.8 Å². The predicted molar refractivity (Wildman–Crippen MR) is 100 cm³/mol. The van der Waals surface area contributed by atoms with Crippen molar-refractivity contribution in [3.8, 4) is 5.69 Å². The van der Waals surface area contributed by atoms with E-state index in [9.17, 15) is 14.4 Å². The number of hydrogen-bond acceptors (Lipinski definition) is 6. The van der Waals surface area contributed by atoms with Gasteiger partial charge in [-0.25, -0.2) is 4.79 Å². The normalized spacial score (nSPS) is 10.7. The van der Waals surface area contributed by atoms with Gasteiger partial charge in [-0.15, -0.1) is 11.3 Å². The van der Waals surface area contributed by atoms with E-state index in [-0.39, 0.29) is 23.6 Å². The van der Waals surface area contributed by atoms with Crippen molar-refractivity contribution < 1.29 is 14.3 Å². The van der Waals surface area contributed by atoms with Crippen LogP contribution in [-0.4, -0.2) is 28.3 Å². The molecule has 3 rings (SSSR count). The lowest BCUT2D eigenvalue weighted by atomic mass is 10.2. The Morgan fingerprint density at radius 1 is 1.38 bits per heavy atom. The first-order chi connectivity index (χ1) is 12.4. The van der Waals surface area contributed by atoms with E-state index in [0.717, 1.165) is 16.0 Å². The van der Waals surface area contributed by atoms with Crippen LogP contribution in [0.25, 0.3) is 16.5 Å². The summed E-state index contributed by atoms with van der Waals surface area (Å²) in [5.74, 6) is -0.975. The van der Waals surface area contributed by atoms with Gasteiger partial charge in [0.25, 0.3) is 5.56 Å². The SMILES string of the molecule is CCOC(=O)c1nn(-c2cccc(Cl)c2)c(=O)c2c(NC(C)=O)scc12. The van der Waals surface area contributed by atoms with Crippen molar-refractivity contribution in [2.24, 2.45) is 0 Å². The Bertz CT molecular complexity index is 1070. The molecule has 1 aromatic carbocycles. The molecule has 0 aliphatic heterocycles. The summed E-state index contributed by atoms with van der Waals surface area (Å²) in [4.78, 5) is 36.8. The maximum atomic E-state index is 13.0. The molecule has 0 radical (unpaired) electrons. The van der Waals surface area contributed by atoms with Gasteiger partial charge in [0.05, 0.1) is 17.7 Å². The lowest BCUT2D eigenvalue weighted by Gasteiger charge is -2.09. The van der Waals surface area contributed by atoms with E-state index >= 15 is 0 Å². The molecule has 3 aromatic rings. The molecule has 0 bridgehead atoms. The van der Waals surface area contributed by atoms with E-state index in [4.69, 9.17) is 16.3 Å². The molecule has 2 heterocycles. The predicted octanol–water partition coefficient (Wildman–Crippen LogP) is 3.24. The molecule has 1 N–H and O–H groups in total. The number of nitrogens with zero attached hydrogens (tertiary/aromatic N) is 2. The average Bonchev–Trinajstić information content (AvgIpc) is 2.99. The molecule has 0 saturated heterocycles. The van der Waals surface area contributed by atoms with E-state index in [1.165, 1.54) is 6.92 Å². The monoisotopic (exact) mass is 391 g/mol. The van der Waals surface area contributed by atoms with Gasteiger partial charge in [-0.05, 0) is 25.1 Å². The zero-order valence-corrected chi connectivity index (χ0v) is 15.5. The third kappa shape index (κ3) is 3.33. The van der Waals surface area contributed by atoms with Crippen LogP contribution < -0.4 is 10.9 Å². The Kier molecular flexibility index (Phi) is 5.06. The van der Waals surface area contributed by atoms with Crippen molar-refractivity contribution in [1.29, 1.82) is 0 Å². The summed E-state index contributed by atoms with van der Waals surface area (Å²) in [6.07, 6.45) is 0. The minimum Gasteiger partial charge on any atom is -0.461 e. The molecular formula is C17H14ClN3O4S. The summed E-state index contributed by atoms with van der Waals surface area (Å²) in [6, 6.07) is 6.53. The number of carbonyl (C=O) groups excluding carboxylic acids is 2. The number of carbonyl (C=O) groups is 2. The lowest BCUT2D eigenvalue weighted by Crippen LogP contribution is -2.25. The van der Waals surface area contributed by atoms with Crippen LogP contribution in [-0.2, 0) is 9.53 Å². The van der Waals surface area contributed by atoms with Crippen molar-refractivity contribution >= 4 is 50.6 Å². The van der Waals surface area contributed by atoms with Crippen molar-refractivity contribution in [3.63, 3.8) is 0 Å². The van der Waals surface area contributed by atoms with Crippen LogP contribution in [0.15, 0.2) is 34.4 Å².